The van der Waals surface area contributed by atoms with Crippen molar-refractivity contribution < 1.29 is 40.1 Å². The van der Waals surface area contributed by atoms with Crippen molar-refractivity contribution in [3.8, 4) is 34.5 Å². The molecule has 8 heteroatoms. The smallest absolute Gasteiger partial charge is 0.129 e. The van der Waals surface area contributed by atoms with Gasteiger partial charge in [0.25, 0.3) is 0 Å². The van der Waals surface area contributed by atoms with Crippen LogP contribution in [-0.2, 0) is 13.2 Å². The maximum Gasteiger partial charge on any atom is 0.129 e. The summed E-state index contributed by atoms with van der Waals surface area (Å²) in [6.07, 6.45) is 6.43. The molecular formula is C38H40O8. The highest BCUT2D eigenvalue weighted by Crippen LogP contribution is 2.57. The number of aromatic hydroxyl groups is 4. The molecule has 6 N–H and O–H groups in total. The topological polar surface area (TPSA) is 140 Å². The molecule has 0 bridgehead atoms. The molecule has 2 heterocycles. The van der Waals surface area contributed by atoms with Crippen molar-refractivity contribution >= 4 is 0 Å². The molecule has 2 aliphatic heterocycles. The number of aliphatic hydroxyl groups excluding tert-OH is 2. The van der Waals surface area contributed by atoms with Crippen LogP contribution in [0, 0.1) is 11.8 Å². The first kappa shape index (κ1) is 30.3. The van der Waals surface area contributed by atoms with Crippen LogP contribution in [0.5, 0.6) is 34.5 Å². The van der Waals surface area contributed by atoms with E-state index in [-0.39, 0.29) is 48.4 Å². The number of ether oxygens (including phenoxy) is 2. The second kappa shape index (κ2) is 12.4. The lowest BCUT2D eigenvalue weighted by Gasteiger charge is -2.37. The molecule has 2 saturated carbocycles. The number of aliphatic hydroxyl groups is 2. The van der Waals surface area contributed by atoms with Crippen molar-refractivity contribution in [1.29, 1.82) is 0 Å². The van der Waals surface area contributed by atoms with Crippen molar-refractivity contribution in [3.05, 3.63) is 106 Å². The summed E-state index contributed by atoms with van der Waals surface area (Å²) in [7, 11) is 0. The molecule has 2 aliphatic carbocycles. The van der Waals surface area contributed by atoms with Crippen molar-refractivity contribution in [2.75, 3.05) is 0 Å². The van der Waals surface area contributed by atoms with E-state index in [2.05, 4.69) is 0 Å². The highest BCUT2D eigenvalue weighted by molar-refractivity contribution is 5.52. The van der Waals surface area contributed by atoms with Crippen molar-refractivity contribution in [2.24, 2.45) is 11.8 Å². The van der Waals surface area contributed by atoms with Gasteiger partial charge in [-0.05, 0) is 97.2 Å². The summed E-state index contributed by atoms with van der Waals surface area (Å²) in [5.74, 6) is 3.70. The molecule has 0 saturated heterocycles. The molecular weight excluding hydrogens is 584 g/mol. The minimum Gasteiger partial charge on any atom is -0.508 e. The van der Waals surface area contributed by atoms with Gasteiger partial charge in [0.1, 0.15) is 46.7 Å². The van der Waals surface area contributed by atoms with Crippen LogP contribution >= 0.6 is 0 Å². The van der Waals surface area contributed by atoms with Gasteiger partial charge in [-0.25, -0.2) is 0 Å². The third-order valence-corrected chi connectivity index (χ3v) is 10.3. The molecule has 0 radical (unpaired) electrons. The summed E-state index contributed by atoms with van der Waals surface area (Å²) in [5.41, 5.74) is 5.39. The summed E-state index contributed by atoms with van der Waals surface area (Å²) in [6, 6.07) is 21.0. The Morgan fingerprint density at radius 1 is 0.500 bits per heavy atom. The van der Waals surface area contributed by atoms with E-state index in [9.17, 15) is 30.6 Å². The number of rotatable bonds is 4. The van der Waals surface area contributed by atoms with Crippen LogP contribution in [-0.4, -0.2) is 30.6 Å². The predicted octanol–water partition coefficient (Wildman–Crippen LogP) is 7.22. The van der Waals surface area contributed by atoms with Gasteiger partial charge < -0.3 is 40.1 Å². The van der Waals surface area contributed by atoms with Gasteiger partial charge in [0, 0.05) is 34.1 Å². The number of fused-ring (bicyclic) bond motifs is 6. The summed E-state index contributed by atoms with van der Waals surface area (Å²) in [4.78, 5) is 0. The normalized spacial score (nSPS) is 25.5. The minimum absolute atomic E-state index is 0.0783. The van der Waals surface area contributed by atoms with Crippen LogP contribution in [0.3, 0.4) is 0 Å². The van der Waals surface area contributed by atoms with Crippen molar-refractivity contribution in [2.45, 2.75) is 75.8 Å². The first-order chi connectivity index (χ1) is 22.3. The van der Waals surface area contributed by atoms with Crippen LogP contribution in [0.4, 0.5) is 0 Å². The van der Waals surface area contributed by atoms with E-state index in [1.165, 1.54) is 0 Å². The Morgan fingerprint density at radius 3 is 1.26 bits per heavy atom. The fourth-order valence-electron chi connectivity index (χ4n) is 8.33. The number of benzene rings is 4. The molecule has 240 valence electrons. The van der Waals surface area contributed by atoms with Gasteiger partial charge in [-0.1, -0.05) is 37.1 Å². The largest absolute Gasteiger partial charge is 0.508 e. The van der Waals surface area contributed by atoms with Gasteiger partial charge >= 0.3 is 0 Å². The van der Waals surface area contributed by atoms with Crippen LogP contribution in [0.25, 0.3) is 0 Å². The summed E-state index contributed by atoms with van der Waals surface area (Å²) in [5, 5.41) is 58.2. The van der Waals surface area contributed by atoms with E-state index in [1.807, 2.05) is 24.3 Å². The van der Waals surface area contributed by atoms with E-state index in [0.29, 0.717) is 46.3 Å². The lowest BCUT2D eigenvalue weighted by Crippen LogP contribution is -2.27. The highest BCUT2D eigenvalue weighted by atomic mass is 16.5. The Bertz CT molecular complexity index is 1570. The standard InChI is InChI=1S/2C19H20O4/c2*20-10-12-8-14(22)9-17-15-2-1-3-16(15)18(23-19(12)17)11-4-6-13(21)7-5-11/h2*4-9,15-16,18,20-22H,1-3,10H2/t2*15-,16+,18+/m10/s1. The molecule has 8 rings (SSSR count). The third-order valence-electron chi connectivity index (χ3n) is 10.3. The zero-order chi connectivity index (χ0) is 31.9. The number of phenols is 4. The predicted molar refractivity (Wildman–Crippen MR) is 171 cm³/mol. The van der Waals surface area contributed by atoms with Gasteiger partial charge in [-0.15, -0.1) is 0 Å². The molecule has 2 fully saturated rings. The molecule has 4 aliphatic rings. The minimum atomic E-state index is -0.156. The number of hydrogen-bond acceptors (Lipinski definition) is 8. The van der Waals surface area contributed by atoms with Crippen LogP contribution in [0.15, 0.2) is 72.8 Å². The molecule has 4 aromatic carbocycles. The zero-order valence-electron chi connectivity index (χ0n) is 25.5. The number of phenolic OH excluding ortho intramolecular Hbond substituents is 4. The van der Waals surface area contributed by atoms with E-state index in [4.69, 9.17) is 9.47 Å². The third kappa shape index (κ3) is 5.50. The first-order valence-corrected chi connectivity index (χ1v) is 16.2. The van der Waals surface area contributed by atoms with E-state index >= 15 is 0 Å². The van der Waals surface area contributed by atoms with Crippen LogP contribution in [0.1, 0.15) is 95.9 Å². The SMILES string of the molecule is OCc1cc(O)cc2c1O[C@@H](c1ccc(O)cc1)[C@H]1CCC[C@@H]21.OCc1cc(O)cc2c1O[C@H](c1ccc(O)cc1)[C@@H]1CCC[C@H]21. The van der Waals surface area contributed by atoms with Gasteiger partial charge in [0.15, 0.2) is 0 Å². The van der Waals surface area contributed by atoms with Gasteiger partial charge in [-0.2, -0.15) is 0 Å². The highest BCUT2D eigenvalue weighted by Gasteiger charge is 2.44. The fourth-order valence-corrected chi connectivity index (χ4v) is 8.33. The van der Waals surface area contributed by atoms with Gasteiger partial charge in [-0.3, -0.25) is 0 Å². The Hall–Kier alpha value is -4.40. The number of hydrogen-bond donors (Lipinski definition) is 6. The maximum absolute atomic E-state index is 9.94. The molecule has 0 aromatic heterocycles. The zero-order valence-corrected chi connectivity index (χ0v) is 25.5. The van der Waals surface area contributed by atoms with Crippen molar-refractivity contribution in [3.63, 3.8) is 0 Å². The molecule has 46 heavy (non-hydrogen) atoms. The molecule has 0 unspecified atom stereocenters. The second-order valence-corrected chi connectivity index (χ2v) is 13.0. The Labute approximate surface area is 268 Å². The van der Waals surface area contributed by atoms with E-state index in [0.717, 1.165) is 60.8 Å². The Morgan fingerprint density at radius 2 is 0.891 bits per heavy atom. The summed E-state index contributed by atoms with van der Waals surface area (Å²) in [6.45, 7) is -0.313. The first-order valence-electron chi connectivity index (χ1n) is 16.2. The molecule has 6 atom stereocenters. The molecule has 0 amide bonds. The fraction of sp³-hybridized carbons (Fsp3) is 0.368. The average Bonchev–Trinajstić information content (AvgIpc) is 3.76. The van der Waals surface area contributed by atoms with Gasteiger partial charge in [0.2, 0.25) is 0 Å². The van der Waals surface area contributed by atoms with Crippen LogP contribution < -0.4 is 9.47 Å². The Balaban J connectivity index is 0.000000147. The van der Waals surface area contributed by atoms with Crippen LogP contribution in [0.2, 0.25) is 0 Å². The summed E-state index contributed by atoms with van der Waals surface area (Å²) >= 11 is 0. The van der Waals surface area contributed by atoms with E-state index in [1.54, 1.807) is 48.5 Å². The van der Waals surface area contributed by atoms with E-state index < -0.39 is 0 Å². The summed E-state index contributed by atoms with van der Waals surface area (Å²) < 4.78 is 12.6. The van der Waals surface area contributed by atoms with Crippen molar-refractivity contribution in [1.82, 2.24) is 0 Å². The Kier molecular flexibility index (Phi) is 8.17. The molecule has 4 aromatic rings. The maximum atomic E-state index is 9.94. The second-order valence-electron chi connectivity index (χ2n) is 13.0. The lowest BCUT2D eigenvalue weighted by atomic mass is 9.79. The lowest BCUT2D eigenvalue weighted by molar-refractivity contribution is 0.0998. The average molecular weight is 625 g/mol. The molecule has 0 spiro atoms. The quantitative estimate of drug-likeness (QED) is 0.140. The van der Waals surface area contributed by atoms with Gasteiger partial charge in [0.05, 0.1) is 13.2 Å². The monoisotopic (exact) mass is 624 g/mol. The molecule has 8 nitrogen and oxygen atoms in total.